The van der Waals surface area contributed by atoms with Gasteiger partial charge in [0.1, 0.15) is 17.1 Å². The maximum absolute atomic E-state index is 12.5. The molecule has 0 aliphatic rings. The molecule has 3 rings (SSSR count). The van der Waals surface area contributed by atoms with E-state index in [0.29, 0.717) is 27.7 Å². The van der Waals surface area contributed by atoms with E-state index < -0.39 is 16.2 Å². The summed E-state index contributed by atoms with van der Waals surface area (Å²) in [7, 11) is -1.09. The van der Waals surface area contributed by atoms with Crippen LogP contribution in [-0.2, 0) is 21.6 Å². The minimum atomic E-state index is -1.09. The van der Waals surface area contributed by atoms with Crippen LogP contribution in [0.2, 0.25) is 0 Å². The molecule has 5 nitrogen and oxygen atoms in total. The van der Waals surface area contributed by atoms with E-state index in [9.17, 15) is 9.32 Å². The van der Waals surface area contributed by atoms with Gasteiger partial charge in [-0.3, -0.25) is 4.21 Å². The monoisotopic (exact) mass is 547 g/mol. The predicted molar refractivity (Wildman–Crippen MR) is 165 cm³/mol. The molecule has 0 heterocycles. The quantitative estimate of drug-likeness (QED) is 0.127. The van der Waals surface area contributed by atoms with E-state index >= 15 is 0 Å². The van der Waals surface area contributed by atoms with Gasteiger partial charge in [-0.2, -0.15) is 0 Å². The highest BCUT2D eigenvalue weighted by molar-refractivity contribution is 7.85. The lowest BCUT2D eigenvalue weighted by Crippen LogP contribution is -2.22. The van der Waals surface area contributed by atoms with Gasteiger partial charge in [0.2, 0.25) is 0 Å². The molecule has 0 aliphatic carbocycles. The number of hydrogen-bond acceptors (Lipinski definition) is 5. The van der Waals surface area contributed by atoms with Crippen LogP contribution in [0.1, 0.15) is 96.8 Å². The molecular formula is C33H45N3O2S. The number of nitrogens with zero attached hydrogens (tertiary/aromatic N) is 2. The zero-order chi connectivity index (χ0) is 28.6. The third-order valence-electron chi connectivity index (χ3n) is 7.66. The SMILES string of the molecule is CCCCCC(C)(C)c1cc(N=Nc2ccc(S(=O)CCCC)cc2N)c(O)c(C(C)(C)c2ccccc2)c1. The molecule has 0 saturated heterocycles. The summed E-state index contributed by atoms with van der Waals surface area (Å²) in [6.45, 7) is 13.1. The largest absolute Gasteiger partial charge is 0.505 e. The van der Waals surface area contributed by atoms with E-state index in [1.54, 1.807) is 18.2 Å². The summed E-state index contributed by atoms with van der Waals surface area (Å²) in [6.07, 6.45) is 6.44. The summed E-state index contributed by atoms with van der Waals surface area (Å²) in [6, 6.07) is 19.6. The molecule has 39 heavy (non-hydrogen) atoms. The number of azo groups is 1. The van der Waals surface area contributed by atoms with Gasteiger partial charge in [-0.05, 0) is 53.6 Å². The van der Waals surface area contributed by atoms with E-state index in [-0.39, 0.29) is 11.2 Å². The zero-order valence-corrected chi connectivity index (χ0v) is 25.3. The van der Waals surface area contributed by atoms with Gasteiger partial charge >= 0.3 is 0 Å². The first-order valence-corrected chi connectivity index (χ1v) is 15.5. The third-order valence-corrected chi connectivity index (χ3v) is 9.10. The molecule has 0 aromatic heterocycles. The van der Waals surface area contributed by atoms with Gasteiger partial charge in [0.15, 0.2) is 0 Å². The summed E-state index contributed by atoms with van der Waals surface area (Å²) >= 11 is 0. The van der Waals surface area contributed by atoms with Crippen LogP contribution in [0.25, 0.3) is 0 Å². The van der Waals surface area contributed by atoms with Crippen molar-refractivity contribution in [1.82, 2.24) is 0 Å². The summed E-state index contributed by atoms with van der Waals surface area (Å²) < 4.78 is 12.5. The Hall–Kier alpha value is -2.99. The van der Waals surface area contributed by atoms with Gasteiger partial charge in [0, 0.05) is 21.6 Å². The smallest absolute Gasteiger partial charge is 0.147 e. The molecule has 1 unspecified atom stereocenters. The number of rotatable bonds is 13. The third kappa shape index (κ3) is 7.57. The molecule has 0 bridgehead atoms. The van der Waals surface area contributed by atoms with Gasteiger partial charge < -0.3 is 10.8 Å². The zero-order valence-electron chi connectivity index (χ0n) is 24.5. The summed E-state index contributed by atoms with van der Waals surface area (Å²) in [5.74, 6) is 0.738. The van der Waals surface area contributed by atoms with Crippen molar-refractivity contribution in [2.75, 3.05) is 11.5 Å². The average molecular weight is 548 g/mol. The Morgan fingerprint density at radius 2 is 1.49 bits per heavy atom. The molecule has 6 heteroatoms. The van der Waals surface area contributed by atoms with E-state index in [2.05, 4.69) is 70.0 Å². The lowest BCUT2D eigenvalue weighted by atomic mass is 9.73. The van der Waals surface area contributed by atoms with Gasteiger partial charge in [-0.1, -0.05) is 104 Å². The van der Waals surface area contributed by atoms with Crippen molar-refractivity contribution in [3.05, 3.63) is 77.4 Å². The van der Waals surface area contributed by atoms with Gasteiger partial charge in [0.05, 0.1) is 16.5 Å². The Morgan fingerprint density at radius 1 is 0.821 bits per heavy atom. The fourth-order valence-electron chi connectivity index (χ4n) is 4.80. The molecule has 0 aliphatic heterocycles. The van der Waals surface area contributed by atoms with Crippen LogP contribution in [-0.4, -0.2) is 15.1 Å². The second-order valence-electron chi connectivity index (χ2n) is 11.5. The molecule has 3 N–H and O–H groups in total. The molecule has 0 amide bonds. The number of hydrogen-bond donors (Lipinski definition) is 2. The first kappa shape index (κ1) is 30.6. The summed E-state index contributed by atoms with van der Waals surface area (Å²) in [5, 5.41) is 20.5. The second kappa shape index (κ2) is 13.4. The fraction of sp³-hybridized carbons (Fsp3) is 0.455. The first-order chi connectivity index (χ1) is 18.5. The van der Waals surface area contributed by atoms with Gasteiger partial charge in [-0.15, -0.1) is 10.2 Å². The molecular weight excluding hydrogens is 502 g/mol. The number of phenols is 1. The molecule has 0 radical (unpaired) electrons. The number of phenolic OH excluding ortho intramolecular Hbond substituents is 1. The van der Waals surface area contributed by atoms with Crippen LogP contribution in [0, 0.1) is 0 Å². The number of unbranched alkanes of at least 4 members (excludes halogenated alkanes) is 3. The van der Waals surface area contributed by atoms with Crippen LogP contribution in [0.15, 0.2) is 75.8 Å². The number of benzene rings is 3. The van der Waals surface area contributed by atoms with Gasteiger partial charge in [-0.25, -0.2) is 0 Å². The van der Waals surface area contributed by atoms with Crippen molar-refractivity contribution >= 4 is 27.9 Å². The van der Waals surface area contributed by atoms with Crippen LogP contribution < -0.4 is 5.73 Å². The van der Waals surface area contributed by atoms with Crippen LogP contribution >= 0.6 is 0 Å². The topological polar surface area (TPSA) is 88.0 Å². The normalized spacial score (nSPS) is 13.2. The van der Waals surface area contributed by atoms with Crippen molar-refractivity contribution in [3.63, 3.8) is 0 Å². The molecule has 3 aromatic rings. The predicted octanol–water partition coefficient (Wildman–Crippen LogP) is 9.48. The van der Waals surface area contributed by atoms with Crippen LogP contribution in [0.3, 0.4) is 0 Å². The minimum Gasteiger partial charge on any atom is -0.505 e. The molecule has 3 aromatic carbocycles. The minimum absolute atomic E-state index is 0.0993. The highest BCUT2D eigenvalue weighted by atomic mass is 32.2. The average Bonchev–Trinajstić information content (AvgIpc) is 2.92. The van der Waals surface area contributed by atoms with Crippen molar-refractivity contribution in [3.8, 4) is 5.75 Å². The molecule has 0 spiro atoms. The Kier molecular flexibility index (Phi) is 10.5. The maximum atomic E-state index is 12.5. The Bertz CT molecular complexity index is 1300. The highest BCUT2D eigenvalue weighted by Crippen LogP contribution is 2.45. The van der Waals surface area contributed by atoms with Crippen LogP contribution in [0.5, 0.6) is 5.75 Å². The van der Waals surface area contributed by atoms with E-state index in [4.69, 9.17) is 5.73 Å². The molecule has 0 fully saturated rings. The number of anilines is 1. The molecule has 210 valence electrons. The highest BCUT2D eigenvalue weighted by Gasteiger charge is 2.31. The summed E-state index contributed by atoms with van der Waals surface area (Å²) in [4.78, 5) is 0.700. The van der Waals surface area contributed by atoms with Crippen LogP contribution in [0.4, 0.5) is 17.1 Å². The molecule has 0 saturated carbocycles. The van der Waals surface area contributed by atoms with Crippen molar-refractivity contribution in [2.45, 2.75) is 95.8 Å². The lowest BCUT2D eigenvalue weighted by molar-refractivity contribution is 0.438. The van der Waals surface area contributed by atoms with E-state index in [1.165, 1.54) is 12.8 Å². The van der Waals surface area contributed by atoms with Crippen molar-refractivity contribution < 1.29 is 9.32 Å². The Labute approximate surface area is 237 Å². The summed E-state index contributed by atoms with van der Waals surface area (Å²) in [5.41, 5.74) is 10.1. The number of aromatic hydroxyl groups is 1. The number of nitrogens with two attached hydrogens (primary N) is 1. The van der Waals surface area contributed by atoms with Gasteiger partial charge in [0.25, 0.3) is 0 Å². The first-order valence-electron chi connectivity index (χ1n) is 14.1. The van der Waals surface area contributed by atoms with Crippen molar-refractivity contribution in [2.24, 2.45) is 10.2 Å². The standard InChI is InChI=1S/C33H45N3O2S/c1-7-9-14-19-32(3,4)25-21-27(33(5,6)24-15-12-11-13-16-24)31(37)30(22-25)36-35-29-18-17-26(23-28(29)34)39(38)20-10-8-2/h11-13,15-18,21-23,37H,7-10,14,19-20,34H2,1-6H3. The second-order valence-corrected chi connectivity index (χ2v) is 13.1. The number of nitrogen functional groups attached to an aromatic ring is 1. The Balaban J connectivity index is 2.06. The molecule has 1 atom stereocenters. The van der Waals surface area contributed by atoms with E-state index in [1.807, 2.05) is 24.3 Å². The lowest BCUT2D eigenvalue weighted by Gasteiger charge is -2.31. The fourth-order valence-corrected chi connectivity index (χ4v) is 6.07. The maximum Gasteiger partial charge on any atom is 0.147 e. The Morgan fingerprint density at radius 3 is 2.13 bits per heavy atom. The van der Waals surface area contributed by atoms with E-state index in [0.717, 1.165) is 42.4 Å². The van der Waals surface area contributed by atoms with Crippen molar-refractivity contribution in [1.29, 1.82) is 0 Å².